The van der Waals surface area contributed by atoms with Gasteiger partial charge in [-0.25, -0.2) is 0 Å². The maximum Gasteiger partial charge on any atom is 0.272 e. The number of hydrogen-bond donors (Lipinski definition) is 2. The lowest BCUT2D eigenvalue weighted by atomic mass is 10.2. The first-order valence-corrected chi connectivity index (χ1v) is 4.98. The van der Waals surface area contributed by atoms with Gasteiger partial charge in [0.15, 0.2) is 0 Å². The minimum Gasteiger partial charge on any atom is -0.507 e. The predicted octanol–water partition coefficient (Wildman–Crippen LogP) is 1.73. The Kier molecular flexibility index (Phi) is 1.63. The number of phenols is 1. The van der Waals surface area contributed by atoms with Crippen LogP contribution in [0.25, 0.3) is 21.8 Å². The van der Waals surface area contributed by atoms with Crippen molar-refractivity contribution in [2.75, 3.05) is 0 Å². The Morgan fingerprint density at radius 3 is 2.94 bits per heavy atom. The van der Waals surface area contributed by atoms with E-state index in [1.54, 1.807) is 29.0 Å². The number of nitrogens with one attached hydrogen (secondary N) is 1. The molecular weight excluding hydrogens is 204 g/mol. The third kappa shape index (κ3) is 0.957. The maximum atomic E-state index is 11.7. The van der Waals surface area contributed by atoms with Crippen LogP contribution in [0.4, 0.5) is 0 Å². The molecule has 0 saturated carbocycles. The lowest BCUT2D eigenvalue weighted by Crippen LogP contribution is -2.07. The highest BCUT2D eigenvalue weighted by molar-refractivity contribution is 6.10. The van der Waals surface area contributed by atoms with Crippen molar-refractivity contribution < 1.29 is 5.11 Å². The Hall–Kier alpha value is -2.23. The molecule has 0 fully saturated rings. The zero-order valence-corrected chi connectivity index (χ0v) is 8.69. The molecule has 2 N–H and O–H groups in total. The van der Waals surface area contributed by atoms with Crippen LogP contribution in [0.2, 0.25) is 0 Å². The molecule has 4 nitrogen and oxygen atoms in total. The largest absolute Gasteiger partial charge is 0.507 e. The van der Waals surface area contributed by atoms with E-state index in [4.69, 9.17) is 0 Å². The number of fused-ring (bicyclic) bond motifs is 3. The van der Waals surface area contributed by atoms with Gasteiger partial charge in [-0.15, -0.1) is 0 Å². The molecule has 0 saturated heterocycles. The number of aromatic amines is 1. The highest BCUT2D eigenvalue weighted by atomic mass is 16.3. The fraction of sp³-hybridized carbons (Fsp3) is 0.0833. The maximum absolute atomic E-state index is 11.7. The Bertz CT molecular complexity index is 753. The number of aryl methyl sites for hydroxylation is 1. The van der Waals surface area contributed by atoms with Gasteiger partial charge in [-0.3, -0.25) is 4.79 Å². The Morgan fingerprint density at radius 1 is 1.31 bits per heavy atom. The van der Waals surface area contributed by atoms with Crippen LogP contribution in [0.5, 0.6) is 5.75 Å². The molecule has 3 aromatic rings. The highest BCUT2D eigenvalue weighted by Gasteiger charge is 2.12. The average Bonchev–Trinajstić information content (AvgIpc) is 2.56. The molecule has 0 radical (unpaired) electrons. The summed E-state index contributed by atoms with van der Waals surface area (Å²) in [6, 6.07) is 7.08. The molecule has 0 aliphatic carbocycles. The normalized spacial score (nSPS) is 11.3. The average molecular weight is 214 g/mol. The smallest absolute Gasteiger partial charge is 0.272 e. The van der Waals surface area contributed by atoms with E-state index in [9.17, 15) is 9.90 Å². The molecule has 0 unspecified atom stereocenters. The van der Waals surface area contributed by atoms with Gasteiger partial charge in [-0.05, 0) is 18.2 Å². The van der Waals surface area contributed by atoms with Crippen LogP contribution in [0.1, 0.15) is 0 Å². The third-order valence-electron chi connectivity index (χ3n) is 2.92. The van der Waals surface area contributed by atoms with Crippen LogP contribution < -0.4 is 5.56 Å². The number of phenolic OH excluding ortho intramolecular Hbond substituents is 1. The van der Waals surface area contributed by atoms with Crippen molar-refractivity contribution in [2.24, 2.45) is 7.05 Å². The van der Waals surface area contributed by atoms with E-state index < -0.39 is 0 Å². The second-order valence-corrected chi connectivity index (χ2v) is 3.80. The molecule has 0 atom stereocenters. The van der Waals surface area contributed by atoms with Crippen molar-refractivity contribution in [1.29, 1.82) is 0 Å². The van der Waals surface area contributed by atoms with Crippen molar-refractivity contribution >= 4 is 21.8 Å². The summed E-state index contributed by atoms with van der Waals surface area (Å²) in [5, 5.41) is 11.4. The van der Waals surface area contributed by atoms with Crippen molar-refractivity contribution in [2.45, 2.75) is 0 Å². The third-order valence-corrected chi connectivity index (χ3v) is 2.92. The fourth-order valence-corrected chi connectivity index (χ4v) is 2.21. The zero-order valence-electron chi connectivity index (χ0n) is 8.69. The van der Waals surface area contributed by atoms with Gasteiger partial charge in [0.1, 0.15) is 11.3 Å². The monoisotopic (exact) mass is 214 g/mol. The van der Waals surface area contributed by atoms with Gasteiger partial charge in [0.2, 0.25) is 0 Å². The van der Waals surface area contributed by atoms with Crippen LogP contribution in [0.3, 0.4) is 0 Å². The molecule has 3 rings (SSSR count). The summed E-state index contributed by atoms with van der Waals surface area (Å²) >= 11 is 0. The first-order valence-electron chi connectivity index (χ1n) is 4.98. The first kappa shape index (κ1) is 9.03. The van der Waals surface area contributed by atoms with Gasteiger partial charge in [-0.2, -0.15) is 0 Å². The standard InChI is InChI=1S/C12H10N2O2/c1-14-8-3-2-4-9(15)10(8)7-5-6-13-12(16)11(7)14/h2-6,15H,1H3,(H,13,16). The number of aromatic nitrogens is 2. The second-order valence-electron chi connectivity index (χ2n) is 3.80. The quantitative estimate of drug-likeness (QED) is 0.598. The van der Waals surface area contributed by atoms with Crippen LogP contribution in [0, 0.1) is 0 Å². The summed E-state index contributed by atoms with van der Waals surface area (Å²) in [5.74, 6) is 0.203. The van der Waals surface area contributed by atoms with Crippen molar-refractivity contribution in [3.8, 4) is 5.75 Å². The summed E-state index contributed by atoms with van der Waals surface area (Å²) in [5.41, 5.74) is 1.29. The number of rotatable bonds is 0. The minimum absolute atomic E-state index is 0.143. The molecule has 2 aromatic heterocycles. The van der Waals surface area contributed by atoms with Crippen molar-refractivity contribution in [3.63, 3.8) is 0 Å². The molecule has 0 aliphatic heterocycles. The molecule has 0 bridgehead atoms. The van der Waals surface area contributed by atoms with E-state index in [0.717, 1.165) is 16.3 Å². The van der Waals surface area contributed by atoms with E-state index >= 15 is 0 Å². The van der Waals surface area contributed by atoms with Gasteiger partial charge in [0, 0.05) is 24.0 Å². The highest BCUT2D eigenvalue weighted by Crippen LogP contribution is 2.32. The summed E-state index contributed by atoms with van der Waals surface area (Å²) in [7, 11) is 1.82. The molecule has 1 aromatic carbocycles. The predicted molar refractivity (Wildman–Crippen MR) is 62.7 cm³/mol. The second kappa shape index (κ2) is 2.88. The summed E-state index contributed by atoms with van der Waals surface area (Å²) < 4.78 is 1.79. The number of benzene rings is 1. The van der Waals surface area contributed by atoms with Gasteiger partial charge >= 0.3 is 0 Å². The molecule has 4 heteroatoms. The Labute approximate surface area is 90.8 Å². The van der Waals surface area contributed by atoms with E-state index in [0.29, 0.717) is 5.52 Å². The van der Waals surface area contributed by atoms with Gasteiger partial charge < -0.3 is 14.7 Å². The number of aromatic hydroxyl groups is 1. The summed E-state index contributed by atoms with van der Waals surface area (Å²) in [6.07, 6.45) is 1.59. The lowest BCUT2D eigenvalue weighted by molar-refractivity contribution is 0.482. The van der Waals surface area contributed by atoms with E-state index in [1.165, 1.54) is 0 Å². The topological polar surface area (TPSA) is 58.0 Å². The lowest BCUT2D eigenvalue weighted by Gasteiger charge is -1.96. The van der Waals surface area contributed by atoms with E-state index in [1.807, 2.05) is 13.1 Å². The molecule has 0 aliphatic rings. The zero-order chi connectivity index (χ0) is 11.3. The Balaban J connectivity index is 2.77. The SMILES string of the molecule is Cn1c2cccc(O)c2c2cc[nH]c(=O)c21. The fourth-order valence-electron chi connectivity index (χ4n) is 2.21. The summed E-state index contributed by atoms with van der Waals surface area (Å²) in [4.78, 5) is 14.4. The van der Waals surface area contributed by atoms with Crippen LogP contribution in [0.15, 0.2) is 35.3 Å². The van der Waals surface area contributed by atoms with Gasteiger partial charge in [0.25, 0.3) is 5.56 Å². The molecule has 80 valence electrons. The van der Waals surface area contributed by atoms with Crippen LogP contribution >= 0.6 is 0 Å². The molecule has 2 heterocycles. The molecule has 0 spiro atoms. The van der Waals surface area contributed by atoms with E-state index in [-0.39, 0.29) is 11.3 Å². The Morgan fingerprint density at radius 2 is 2.12 bits per heavy atom. The summed E-state index contributed by atoms with van der Waals surface area (Å²) in [6.45, 7) is 0. The first-order chi connectivity index (χ1) is 7.70. The molecule has 0 amide bonds. The van der Waals surface area contributed by atoms with Crippen LogP contribution in [-0.4, -0.2) is 14.7 Å². The molecule has 16 heavy (non-hydrogen) atoms. The number of hydrogen-bond acceptors (Lipinski definition) is 2. The minimum atomic E-state index is -0.143. The number of H-pyrrole nitrogens is 1. The van der Waals surface area contributed by atoms with E-state index in [2.05, 4.69) is 4.98 Å². The number of pyridine rings is 1. The van der Waals surface area contributed by atoms with Crippen LogP contribution in [-0.2, 0) is 7.05 Å². The van der Waals surface area contributed by atoms with Crippen molar-refractivity contribution in [3.05, 3.63) is 40.8 Å². The van der Waals surface area contributed by atoms with Crippen molar-refractivity contribution in [1.82, 2.24) is 9.55 Å². The van der Waals surface area contributed by atoms with Gasteiger partial charge in [0.05, 0.1) is 5.52 Å². The van der Waals surface area contributed by atoms with Gasteiger partial charge in [-0.1, -0.05) is 6.07 Å². The number of nitrogens with zero attached hydrogens (tertiary/aromatic N) is 1. The molecular formula is C12H10N2O2.